The van der Waals surface area contributed by atoms with E-state index < -0.39 is 0 Å². The minimum atomic E-state index is 0.201. The van der Waals surface area contributed by atoms with Crippen molar-refractivity contribution in [3.05, 3.63) is 24.3 Å². The molecule has 1 saturated heterocycles. The molecule has 0 saturated carbocycles. The van der Waals surface area contributed by atoms with Crippen LogP contribution in [-0.4, -0.2) is 43.7 Å². The Bertz CT molecular complexity index is 582. The number of hydrogen-bond donors (Lipinski definition) is 0. The summed E-state index contributed by atoms with van der Waals surface area (Å²) in [7, 11) is 0. The summed E-state index contributed by atoms with van der Waals surface area (Å²) >= 11 is 0. The minimum Gasteiger partial charge on any atom is -0.494 e. The zero-order chi connectivity index (χ0) is 19.2. The van der Waals surface area contributed by atoms with Crippen LogP contribution in [0.25, 0.3) is 0 Å². The number of benzene rings is 1. The molecule has 26 heavy (non-hydrogen) atoms. The van der Waals surface area contributed by atoms with Crippen molar-refractivity contribution in [2.24, 2.45) is 11.3 Å². The number of unbranched alkanes of at least 4 members (excludes halogenated alkanes) is 1. The maximum absolute atomic E-state index is 5.62. The van der Waals surface area contributed by atoms with Crippen LogP contribution in [0.5, 0.6) is 5.75 Å². The summed E-state index contributed by atoms with van der Waals surface area (Å²) < 4.78 is 5.62. The molecule has 0 aromatic heterocycles. The number of rotatable bonds is 6. The van der Waals surface area contributed by atoms with Crippen molar-refractivity contribution >= 4 is 5.69 Å². The Morgan fingerprint density at radius 2 is 1.85 bits per heavy atom. The topological polar surface area (TPSA) is 15.7 Å². The number of hydrogen-bond acceptors (Lipinski definition) is 3. The van der Waals surface area contributed by atoms with Crippen LogP contribution in [0.1, 0.15) is 47.5 Å². The molecule has 0 radical (unpaired) electrons. The van der Waals surface area contributed by atoms with Gasteiger partial charge in [0.1, 0.15) is 5.75 Å². The van der Waals surface area contributed by atoms with Gasteiger partial charge in [0, 0.05) is 37.8 Å². The second kappa shape index (κ2) is 9.33. The molecule has 144 valence electrons. The van der Waals surface area contributed by atoms with Gasteiger partial charge >= 0.3 is 0 Å². The van der Waals surface area contributed by atoms with Crippen molar-refractivity contribution in [3.8, 4) is 18.1 Å². The van der Waals surface area contributed by atoms with E-state index in [0.29, 0.717) is 18.6 Å². The lowest BCUT2D eigenvalue weighted by Crippen LogP contribution is -2.49. The zero-order valence-corrected chi connectivity index (χ0v) is 17.3. The van der Waals surface area contributed by atoms with Crippen molar-refractivity contribution in [2.45, 2.75) is 53.5 Å². The van der Waals surface area contributed by atoms with Crippen molar-refractivity contribution in [1.82, 2.24) is 4.90 Å². The van der Waals surface area contributed by atoms with Gasteiger partial charge in [-0.1, -0.05) is 27.7 Å². The fraction of sp³-hybridized carbons (Fsp3) is 0.652. The van der Waals surface area contributed by atoms with Gasteiger partial charge in [0.2, 0.25) is 0 Å². The summed E-state index contributed by atoms with van der Waals surface area (Å²) in [4.78, 5) is 5.23. The Morgan fingerprint density at radius 3 is 2.42 bits per heavy atom. The van der Waals surface area contributed by atoms with Crippen LogP contribution >= 0.6 is 0 Å². The molecule has 0 bridgehead atoms. The van der Waals surface area contributed by atoms with E-state index in [0.717, 1.165) is 44.8 Å². The molecule has 2 rings (SSSR count). The molecule has 0 N–H and O–H groups in total. The first-order valence-corrected chi connectivity index (χ1v) is 10.0. The third kappa shape index (κ3) is 5.68. The number of ether oxygens (including phenoxy) is 1. The Kier molecular flexibility index (Phi) is 7.41. The van der Waals surface area contributed by atoms with Crippen LogP contribution < -0.4 is 9.64 Å². The molecule has 3 heteroatoms. The van der Waals surface area contributed by atoms with Crippen molar-refractivity contribution < 1.29 is 4.74 Å². The number of terminal acetylenes is 1. The second-order valence-corrected chi connectivity index (χ2v) is 8.63. The SMILES string of the molecule is C#CCCCN1C[C@@H](C)CN(c2ccc(OCC)cc2)[C@@H](C(C)(C)C)C1. The summed E-state index contributed by atoms with van der Waals surface area (Å²) in [6.45, 7) is 16.6. The Balaban J connectivity index is 2.23. The van der Waals surface area contributed by atoms with Gasteiger partial charge in [-0.2, -0.15) is 0 Å². The van der Waals surface area contributed by atoms with Crippen LogP contribution in [0.15, 0.2) is 24.3 Å². The monoisotopic (exact) mass is 356 g/mol. The normalized spacial score (nSPS) is 21.9. The lowest BCUT2D eigenvalue weighted by Gasteiger charge is -2.42. The highest BCUT2D eigenvalue weighted by molar-refractivity contribution is 5.50. The summed E-state index contributed by atoms with van der Waals surface area (Å²) in [5.41, 5.74) is 1.50. The average Bonchev–Trinajstić information content (AvgIpc) is 2.75. The fourth-order valence-electron chi connectivity index (χ4n) is 3.89. The largest absolute Gasteiger partial charge is 0.494 e. The van der Waals surface area contributed by atoms with Gasteiger partial charge in [-0.3, -0.25) is 0 Å². The molecule has 0 spiro atoms. The van der Waals surface area contributed by atoms with Gasteiger partial charge < -0.3 is 14.5 Å². The van der Waals surface area contributed by atoms with E-state index in [1.807, 2.05) is 6.92 Å². The molecule has 0 aliphatic carbocycles. The zero-order valence-electron chi connectivity index (χ0n) is 17.3. The van der Waals surface area contributed by atoms with Crippen molar-refractivity contribution in [2.75, 3.05) is 37.7 Å². The Morgan fingerprint density at radius 1 is 1.15 bits per heavy atom. The first-order valence-electron chi connectivity index (χ1n) is 10.0. The first kappa shape index (κ1) is 20.6. The maximum atomic E-state index is 5.62. The van der Waals surface area contributed by atoms with Gasteiger partial charge in [0.25, 0.3) is 0 Å². The molecule has 2 atom stereocenters. The highest BCUT2D eigenvalue weighted by Gasteiger charge is 2.35. The quantitative estimate of drug-likeness (QED) is 0.544. The minimum absolute atomic E-state index is 0.201. The predicted octanol–water partition coefficient (Wildman–Crippen LogP) is 4.67. The van der Waals surface area contributed by atoms with Gasteiger partial charge in [0.05, 0.1) is 6.61 Å². The molecule has 0 amide bonds. The van der Waals surface area contributed by atoms with Gasteiger partial charge in [-0.15, -0.1) is 12.3 Å². The molecule has 1 aromatic carbocycles. The molecule has 1 aliphatic heterocycles. The second-order valence-electron chi connectivity index (χ2n) is 8.63. The molecular formula is C23H36N2O. The smallest absolute Gasteiger partial charge is 0.119 e. The molecular weight excluding hydrogens is 320 g/mol. The third-order valence-electron chi connectivity index (χ3n) is 5.16. The van der Waals surface area contributed by atoms with Gasteiger partial charge in [-0.25, -0.2) is 0 Å². The van der Waals surface area contributed by atoms with E-state index in [1.165, 1.54) is 5.69 Å². The molecule has 1 aromatic rings. The molecule has 0 unspecified atom stereocenters. The standard InChI is InChI=1S/C23H36N2O/c1-7-9-10-15-24-16-19(3)17-25(22(18-24)23(4,5)6)20-11-13-21(14-12-20)26-8-2/h1,11-14,19,22H,8-10,15-18H2,2-6H3/t19-,22-/m1/s1. The van der Waals surface area contributed by atoms with Crippen LogP contribution in [-0.2, 0) is 0 Å². The first-order chi connectivity index (χ1) is 12.3. The number of nitrogens with zero attached hydrogens (tertiary/aromatic N) is 2. The van der Waals surface area contributed by atoms with Crippen LogP contribution in [0, 0.1) is 23.7 Å². The number of anilines is 1. The lowest BCUT2D eigenvalue weighted by molar-refractivity contribution is 0.203. The summed E-state index contributed by atoms with van der Waals surface area (Å²) in [5.74, 6) is 4.35. The Labute approximate surface area is 160 Å². The summed E-state index contributed by atoms with van der Waals surface area (Å²) in [6, 6.07) is 9.09. The lowest BCUT2D eigenvalue weighted by atomic mass is 9.85. The maximum Gasteiger partial charge on any atom is 0.119 e. The van der Waals surface area contributed by atoms with E-state index in [1.54, 1.807) is 0 Å². The predicted molar refractivity (Wildman–Crippen MR) is 112 cm³/mol. The van der Waals surface area contributed by atoms with Crippen LogP contribution in [0.3, 0.4) is 0 Å². The molecule has 1 heterocycles. The van der Waals surface area contributed by atoms with E-state index in [-0.39, 0.29) is 5.41 Å². The summed E-state index contributed by atoms with van der Waals surface area (Å²) in [5, 5.41) is 0. The fourth-order valence-corrected chi connectivity index (χ4v) is 3.89. The Hall–Kier alpha value is -1.66. The highest BCUT2D eigenvalue weighted by Crippen LogP contribution is 2.33. The molecule has 1 aliphatic rings. The van der Waals surface area contributed by atoms with E-state index in [2.05, 4.69) is 67.7 Å². The van der Waals surface area contributed by atoms with Crippen LogP contribution in [0.2, 0.25) is 0 Å². The van der Waals surface area contributed by atoms with E-state index in [4.69, 9.17) is 11.2 Å². The van der Waals surface area contributed by atoms with Crippen LogP contribution in [0.4, 0.5) is 5.69 Å². The molecule has 3 nitrogen and oxygen atoms in total. The molecule has 1 fully saturated rings. The average molecular weight is 357 g/mol. The van der Waals surface area contributed by atoms with E-state index in [9.17, 15) is 0 Å². The van der Waals surface area contributed by atoms with Crippen molar-refractivity contribution in [1.29, 1.82) is 0 Å². The highest BCUT2D eigenvalue weighted by atomic mass is 16.5. The third-order valence-corrected chi connectivity index (χ3v) is 5.16. The van der Waals surface area contributed by atoms with Crippen molar-refractivity contribution in [3.63, 3.8) is 0 Å². The van der Waals surface area contributed by atoms with E-state index >= 15 is 0 Å². The summed E-state index contributed by atoms with van der Waals surface area (Å²) in [6.07, 6.45) is 7.40. The van der Waals surface area contributed by atoms with Gasteiger partial charge in [-0.05, 0) is 55.5 Å². The van der Waals surface area contributed by atoms with Gasteiger partial charge in [0.15, 0.2) is 0 Å².